The van der Waals surface area contributed by atoms with Gasteiger partial charge in [0.15, 0.2) is 0 Å². The SMILES string of the molecule is Nc1ccc(SCc2ccccc2[N+](=O)[O-])cn1. The van der Waals surface area contributed by atoms with E-state index < -0.39 is 0 Å². The highest BCUT2D eigenvalue weighted by Crippen LogP contribution is 2.27. The van der Waals surface area contributed by atoms with Crippen molar-refractivity contribution in [2.24, 2.45) is 0 Å². The molecule has 0 spiro atoms. The Morgan fingerprint density at radius 2 is 2.06 bits per heavy atom. The lowest BCUT2D eigenvalue weighted by atomic mass is 10.2. The summed E-state index contributed by atoms with van der Waals surface area (Å²) in [4.78, 5) is 15.4. The van der Waals surface area contributed by atoms with Gasteiger partial charge in [-0.1, -0.05) is 18.2 Å². The molecular formula is C12H11N3O2S. The maximum atomic E-state index is 10.8. The van der Waals surface area contributed by atoms with E-state index in [1.54, 1.807) is 30.5 Å². The third-order valence-electron chi connectivity index (χ3n) is 2.34. The molecule has 6 heteroatoms. The molecule has 2 aromatic rings. The predicted octanol–water partition coefficient (Wildman–Crippen LogP) is 2.86. The summed E-state index contributed by atoms with van der Waals surface area (Å²) in [7, 11) is 0. The number of nitro benzene ring substituents is 1. The zero-order valence-electron chi connectivity index (χ0n) is 9.45. The maximum Gasteiger partial charge on any atom is 0.273 e. The molecule has 0 radical (unpaired) electrons. The first kappa shape index (κ1) is 12.4. The highest BCUT2D eigenvalue weighted by molar-refractivity contribution is 7.98. The van der Waals surface area contributed by atoms with Crippen LogP contribution >= 0.6 is 11.8 Å². The van der Waals surface area contributed by atoms with Crippen LogP contribution < -0.4 is 5.73 Å². The van der Waals surface area contributed by atoms with E-state index in [0.717, 1.165) is 4.90 Å². The molecule has 1 aromatic heterocycles. The van der Waals surface area contributed by atoms with Crippen LogP contribution in [0.3, 0.4) is 0 Å². The van der Waals surface area contributed by atoms with E-state index in [1.807, 2.05) is 6.07 Å². The summed E-state index contributed by atoms with van der Waals surface area (Å²) < 4.78 is 0. The lowest BCUT2D eigenvalue weighted by molar-refractivity contribution is -0.385. The monoisotopic (exact) mass is 261 g/mol. The lowest BCUT2D eigenvalue weighted by Crippen LogP contribution is -1.93. The molecule has 0 atom stereocenters. The first-order chi connectivity index (χ1) is 8.66. The number of para-hydroxylation sites is 1. The van der Waals surface area contributed by atoms with Crippen molar-refractivity contribution >= 4 is 23.3 Å². The molecule has 0 unspecified atom stereocenters. The highest BCUT2D eigenvalue weighted by atomic mass is 32.2. The summed E-state index contributed by atoms with van der Waals surface area (Å²) >= 11 is 1.49. The molecule has 0 aliphatic rings. The number of thioether (sulfide) groups is 1. The number of hydrogen-bond acceptors (Lipinski definition) is 5. The third kappa shape index (κ3) is 2.98. The Balaban J connectivity index is 2.10. The Labute approximate surface area is 108 Å². The zero-order chi connectivity index (χ0) is 13.0. The molecule has 1 aromatic carbocycles. The van der Waals surface area contributed by atoms with E-state index in [1.165, 1.54) is 17.8 Å². The number of anilines is 1. The van der Waals surface area contributed by atoms with Gasteiger partial charge in [-0.15, -0.1) is 11.8 Å². The van der Waals surface area contributed by atoms with Gasteiger partial charge in [0.25, 0.3) is 5.69 Å². The van der Waals surface area contributed by atoms with Crippen molar-refractivity contribution in [1.82, 2.24) is 4.98 Å². The van der Waals surface area contributed by atoms with Gasteiger partial charge in [0.2, 0.25) is 0 Å². The van der Waals surface area contributed by atoms with Gasteiger partial charge in [-0.3, -0.25) is 10.1 Å². The number of rotatable bonds is 4. The Kier molecular flexibility index (Phi) is 3.78. The second kappa shape index (κ2) is 5.50. The quantitative estimate of drug-likeness (QED) is 0.520. The van der Waals surface area contributed by atoms with E-state index in [0.29, 0.717) is 17.1 Å². The number of hydrogen-bond donors (Lipinski definition) is 1. The average molecular weight is 261 g/mol. The van der Waals surface area contributed by atoms with Gasteiger partial charge in [-0.25, -0.2) is 4.98 Å². The summed E-state index contributed by atoms with van der Waals surface area (Å²) in [6, 6.07) is 10.3. The molecule has 5 nitrogen and oxygen atoms in total. The Bertz CT molecular complexity index is 558. The molecule has 0 saturated heterocycles. The van der Waals surface area contributed by atoms with Crippen LogP contribution in [0.5, 0.6) is 0 Å². The molecule has 0 aliphatic carbocycles. The zero-order valence-corrected chi connectivity index (χ0v) is 10.3. The summed E-state index contributed by atoms with van der Waals surface area (Å²) in [5.74, 6) is 0.994. The number of nitrogens with two attached hydrogens (primary N) is 1. The van der Waals surface area contributed by atoms with Gasteiger partial charge in [0.05, 0.1) is 4.92 Å². The van der Waals surface area contributed by atoms with Crippen LogP contribution in [-0.2, 0) is 5.75 Å². The molecule has 0 aliphatic heterocycles. The Morgan fingerprint density at radius 1 is 1.28 bits per heavy atom. The summed E-state index contributed by atoms with van der Waals surface area (Å²) in [5.41, 5.74) is 6.33. The highest BCUT2D eigenvalue weighted by Gasteiger charge is 2.12. The first-order valence-electron chi connectivity index (χ1n) is 5.23. The van der Waals surface area contributed by atoms with Gasteiger partial charge >= 0.3 is 0 Å². The minimum Gasteiger partial charge on any atom is -0.384 e. The van der Waals surface area contributed by atoms with Crippen LogP contribution in [0, 0.1) is 10.1 Å². The van der Waals surface area contributed by atoms with Gasteiger partial charge in [0, 0.05) is 28.5 Å². The standard InChI is InChI=1S/C12H11N3O2S/c13-12-6-5-10(7-14-12)18-8-9-3-1-2-4-11(9)15(16)17/h1-7H,8H2,(H2,13,14). The topological polar surface area (TPSA) is 82.0 Å². The molecule has 1 heterocycles. The smallest absolute Gasteiger partial charge is 0.273 e. The fraction of sp³-hybridized carbons (Fsp3) is 0.0833. The number of aromatic nitrogens is 1. The van der Waals surface area contributed by atoms with Gasteiger partial charge in [-0.05, 0) is 12.1 Å². The second-order valence-corrected chi connectivity index (χ2v) is 4.64. The van der Waals surface area contributed by atoms with Gasteiger partial charge in [-0.2, -0.15) is 0 Å². The van der Waals surface area contributed by atoms with Crippen molar-refractivity contribution < 1.29 is 4.92 Å². The predicted molar refractivity (Wildman–Crippen MR) is 71.3 cm³/mol. The summed E-state index contributed by atoms with van der Waals surface area (Å²) in [6.07, 6.45) is 1.66. The van der Waals surface area contributed by atoms with Crippen LogP contribution in [0.15, 0.2) is 47.5 Å². The van der Waals surface area contributed by atoms with Crippen LogP contribution in [0.1, 0.15) is 5.56 Å². The molecule has 92 valence electrons. The number of nitrogen functional groups attached to an aromatic ring is 1. The van der Waals surface area contributed by atoms with E-state index in [-0.39, 0.29) is 10.6 Å². The molecule has 2 N–H and O–H groups in total. The van der Waals surface area contributed by atoms with E-state index in [4.69, 9.17) is 5.73 Å². The van der Waals surface area contributed by atoms with Gasteiger partial charge in [0.1, 0.15) is 5.82 Å². The van der Waals surface area contributed by atoms with Crippen molar-refractivity contribution in [3.05, 3.63) is 58.3 Å². The van der Waals surface area contributed by atoms with Crippen LogP contribution in [0.25, 0.3) is 0 Å². The number of nitrogens with zero attached hydrogens (tertiary/aromatic N) is 2. The third-order valence-corrected chi connectivity index (χ3v) is 3.37. The Morgan fingerprint density at radius 3 is 2.72 bits per heavy atom. The molecule has 0 amide bonds. The number of benzene rings is 1. The van der Waals surface area contributed by atoms with E-state index in [9.17, 15) is 10.1 Å². The van der Waals surface area contributed by atoms with Crippen molar-refractivity contribution in [2.45, 2.75) is 10.6 Å². The van der Waals surface area contributed by atoms with E-state index in [2.05, 4.69) is 4.98 Å². The van der Waals surface area contributed by atoms with E-state index >= 15 is 0 Å². The van der Waals surface area contributed by atoms with Crippen molar-refractivity contribution in [2.75, 3.05) is 5.73 Å². The van der Waals surface area contributed by atoms with Crippen molar-refractivity contribution in [3.63, 3.8) is 0 Å². The van der Waals surface area contributed by atoms with Crippen LogP contribution in [0.4, 0.5) is 11.5 Å². The first-order valence-corrected chi connectivity index (χ1v) is 6.22. The molecule has 18 heavy (non-hydrogen) atoms. The van der Waals surface area contributed by atoms with Gasteiger partial charge < -0.3 is 5.73 Å². The maximum absolute atomic E-state index is 10.8. The largest absolute Gasteiger partial charge is 0.384 e. The van der Waals surface area contributed by atoms with Crippen LogP contribution in [-0.4, -0.2) is 9.91 Å². The number of nitro groups is 1. The Hall–Kier alpha value is -2.08. The van der Waals surface area contributed by atoms with Crippen LogP contribution in [0.2, 0.25) is 0 Å². The second-order valence-electron chi connectivity index (χ2n) is 3.59. The summed E-state index contributed by atoms with van der Waals surface area (Å²) in [6.45, 7) is 0. The average Bonchev–Trinajstić information content (AvgIpc) is 2.38. The molecule has 2 rings (SSSR count). The fourth-order valence-electron chi connectivity index (χ4n) is 1.45. The normalized spacial score (nSPS) is 10.2. The fourth-order valence-corrected chi connectivity index (χ4v) is 2.31. The van der Waals surface area contributed by atoms with Crippen molar-refractivity contribution in [1.29, 1.82) is 0 Å². The molecular weight excluding hydrogens is 250 g/mol. The molecule has 0 saturated carbocycles. The molecule has 0 bridgehead atoms. The minimum absolute atomic E-state index is 0.147. The summed E-state index contributed by atoms with van der Waals surface area (Å²) in [5, 5.41) is 10.8. The molecule has 0 fully saturated rings. The lowest BCUT2D eigenvalue weighted by Gasteiger charge is -2.03. The number of pyridine rings is 1. The minimum atomic E-state index is -0.364. The van der Waals surface area contributed by atoms with Crippen molar-refractivity contribution in [3.8, 4) is 0 Å².